The number of rotatable bonds is 9. The quantitative estimate of drug-likeness (QED) is 0.460. The first-order valence-electron chi connectivity index (χ1n) is 13.3. The van der Waals surface area contributed by atoms with Gasteiger partial charge in [0.2, 0.25) is 11.8 Å². The minimum absolute atomic E-state index is 0.217. The van der Waals surface area contributed by atoms with Gasteiger partial charge in [-0.05, 0) is 37.7 Å². The maximum absolute atomic E-state index is 14.1. The third-order valence-electron chi connectivity index (χ3n) is 6.76. The SMILES string of the molecule is COC(=O)[C@H](C(C)C)N(C)C(=O)[C@@H](NC(=O)[C@H](N(C)C(=O)OC(C)(C)C)C(C)(C)c1ccccc1)C(C)(C)C. The van der Waals surface area contributed by atoms with Gasteiger partial charge in [0.05, 0.1) is 7.11 Å². The molecule has 9 nitrogen and oxygen atoms in total. The second kappa shape index (κ2) is 12.8. The summed E-state index contributed by atoms with van der Waals surface area (Å²) in [7, 11) is 4.34. The van der Waals surface area contributed by atoms with Crippen LogP contribution in [0.2, 0.25) is 0 Å². The molecule has 9 heteroatoms. The van der Waals surface area contributed by atoms with E-state index in [-0.39, 0.29) is 5.92 Å². The molecule has 3 atom stereocenters. The predicted octanol–water partition coefficient (Wildman–Crippen LogP) is 4.39. The predicted molar refractivity (Wildman–Crippen MR) is 152 cm³/mol. The van der Waals surface area contributed by atoms with E-state index in [1.165, 1.54) is 31.0 Å². The van der Waals surface area contributed by atoms with E-state index in [9.17, 15) is 19.2 Å². The van der Waals surface area contributed by atoms with Crippen LogP contribution in [-0.2, 0) is 29.3 Å². The van der Waals surface area contributed by atoms with E-state index in [1.807, 2.05) is 78.8 Å². The van der Waals surface area contributed by atoms with Crippen molar-refractivity contribution in [2.24, 2.45) is 11.3 Å². The number of benzene rings is 1. The summed E-state index contributed by atoms with van der Waals surface area (Å²) < 4.78 is 10.5. The number of esters is 1. The van der Waals surface area contributed by atoms with Crippen molar-refractivity contribution < 1.29 is 28.7 Å². The van der Waals surface area contributed by atoms with E-state index in [2.05, 4.69) is 5.32 Å². The van der Waals surface area contributed by atoms with Crippen LogP contribution in [0.5, 0.6) is 0 Å². The minimum atomic E-state index is -1.03. The fourth-order valence-corrected chi connectivity index (χ4v) is 4.66. The Morgan fingerprint density at radius 3 is 1.77 bits per heavy atom. The Kier molecular flexibility index (Phi) is 11.2. The lowest BCUT2D eigenvalue weighted by atomic mass is 9.76. The summed E-state index contributed by atoms with van der Waals surface area (Å²) in [5, 5.41) is 2.93. The minimum Gasteiger partial charge on any atom is -0.467 e. The molecule has 1 aromatic rings. The molecule has 0 aliphatic carbocycles. The van der Waals surface area contributed by atoms with Crippen LogP contribution in [0.25, 0.3) is 0 Å². The van der Waals surface area contributed by atoms with Crippen molar-refractivity contribution in [2.75, 3.05) is 21.2 Å². The number of nitrogens with one attached hydrogen (secondary N) is 1. The monoisotopic (exact) mass is 547 g/mol. The molecule has 1 aromatic carbocycles. The Morgan fingerprint density at radius 2 is 1.36 bits per heavy atom. The summed E-state index contributed by atoms with van der Waals surface area (Å²) >= 11 is 0. The molecule has 0 aliphatic heterocycles. The number of methoxy groups -OCH3 is 1. The largest absolute Gasteiger partial charge is 0.467 e. The highest BCUT2D eigenvalue weighted by molar-refractivity contribution is 5.94. The van der Waals surface area contributed by atoms with Crippen molar-refractivity contribution in [1.29, 1.82) is 0 Å². The summed E-state index contributed by atoms with van der Waals surface area (Å²) in [6.07, 6.45) is -0.659. The van der Waals surface area contributed by atoms with Crippen molar-refractivity contribution in [3.63, 3.8) is 0 Å². The molecule has 220 valence electrons. The molecule has 3 amide bonds. The highest BCUT2D eigenvalue weighted by Crippen LogP contribution is 2.32. The first kappa shape index (κ1) is 33.9. The lowest BCUT2D eigenvalue weighted by molar-refractivity contribution is -0.156. The zero-order chi connectivity index (χ0) is 30.5. The highest BCUT2D eigenvalue weighted by Gasteiger charge is 2.46. The molecular weight excluding hydrogens is 498 g/mol. The van der Waals surface area contributed by atoms with E-state index in [0.29, 0.717) is 0 Å². The molecule has 0 aliphatic rings. The van der Waals surface area contributed by atoms with E-state index >= 15 is 0 Å². The van der Waals surface area contributed by atoms with Crippen LogP contribution >= 0.6 is 0 Å². The van der Waals surface area contributed by atoms with Crippen molar-refractivity contribution in [3.8, 4) is 0 Å². The van der Waals surface area contributed by atoms with Crippen LogP contribution in [0.1, 0.15) is 74.8 Å². The Hall–Kier alpha value is -3.10. The molecule has 1 rings (SSSR count). The number of ether oxygens (including phenoxy) is 2. The highest BCUT2D eigenvalue weighted by atomic mass is 16.6. The maximum atomic E-state index is 14.1. The molecule has 0 aromatic heterocycles. The van der Waals surface area contributed by atoms with Crippen molar-refractivity contribution in [1.82, 2.24) is 15.1 Å². The summed E-state index contributed by atoms with van der Waals surface area (Å²) in [4.78, 5) is 56.3. The summed E-state index contributed by atoms with van der Waals surface area (Å²) in [6, 6.07) is 6.55. The average molecular weight is 548 g/mol. The molecule has 0 saturated carbocycles. The van der Waals surface area contributed by atoms with Crippen molar-refractivity contribution in [2.45, 2.75) is 98.4 Å². The van der Waals surface area contributed by atoms with Gasteiger partial charge >= 0.3 is 12.1 Å². The normalized spacial score (nSPS) is 14.6. The standard InChI is InChI=1S/C30H49N3O6/c1-19(2)21(26(36)38-13)32(11)25(35)22(28(3,4)5)31-24(34)23(33(12)27(37)39-29(6,7)8)30(9,10)20-17-15-14-16-18-20/h14-19,21-23H,1-13H3,(H,31,34)/t21-,22+,23-/m0/s1. The number of hydrogen-bond acceptors (Lipinski definition) is 6. The summed E-state index contributed by atoms with van der Waals surface area (Å²) in [6.45, 7) is 18.2. The fourth-order valence-electron chi connectivity index (χ4n) is 4.66. The molecule has 0 fully saturated rings. The number of amides is 3. The van der Waals surface area contributed by atoms with Crippen LogP contribution < -0.4 is 5.32 Å². The van der Waals surface area contributed by atoms with Crippen LogP contribution in [-0.4, -0.2) is 78.6 Å². The average Bonchev–Trinajstić information content (AvgIpc) is 2.80. The molecule has 0 spiro atoms. The first-order valence-corrected chi connectivity index (χ1v) is 13.3. The molecule has 39 heavy (non-hydrogen) atoms. The topological polar surface area (TPSA) is 105 Å². The summed E-state index contributed by atoms with van der Waals surface area (Å²) in [5.41, 5.74) is -1.51. The van der Waals surface area contributed by atoms with Gasteiger partial charge < -0.3 is 19.7 Å². The fraction of sp³-hybridized carbons (Fsp3) is 0.667. The molecule has 0 unspecified atom stereocenters. The Labute approximate surface area is 234 Å². The van der Waals surface area contributed by atoms with Crippen molar-refractivity contribution >= 4 is 23.9 Å². The van der Waals surface area contributed by atoms with Gasteiger partial charge in [0, 0.05) is 19.5 Å². The summed E-state index contributed by atoms with van der Waals surface area (Å²) in [5.74, 6) is -1.70. The van der Waals surface area contributed by atoms with Crippen LogP contribution in [0.4, 0.5) is 4.79 Å². The van der Waals surface area contributed by atoms with Crippen molar-refractivity contribution in [3.05, 3.63) is 35.9 Å². The molecule has 1 N–H and O–H groups in total. The van der Waals surface area contributed by atoms with Gasteiger partial charge in [-0.3, -0.25) is 14.5 Å². The maximum Gasteiger partial charge on any atom is 0.410 e. The zero-order valence-electron chi connectivity index (χ0n) is 26.0. The lowest BCUT2D eigenvalue weighted by Gasteiger charge is -2.42. The van der Waals surface area contributed by atoms with Gasteiger partial charge in [0.1, 0.15) is 23.7 Å². The smallest absolute Gasteiger partial charge is 0.410 e. The number of carbonyl (C=O) groups is 4. The Balaban J connectivity index is 3.56. The zero-order valence-corrected chi connectivity index (χ0v) is 26.0. The molecular formula is C30H49N3O6. The molecule has 0 saturated heterocycles. The van der Waals surface area contributed by atoms with Gasteiger partial charge in [-0.15, -0.1) is 0 Å². The lowest BCUT2D eigenvalue weighted by Crippen LogP contribution is -2.63. The van der Waals surface area contributed by atoms with Crippen LogP contribution in [0.3, 0.4) is 0 Å². The van der Waals surface area contributed by atoms with Gasteiger partial charge in [-0.1, -0.05) is 78.8 Å². The second-order valence-electron chi connectivity index (χ2n) is 13.1. The second-order valence-corrected chi connectivity index (χ2v) is 13.1. The number of hydrogen-bond donors (Lipinski definition) is 1. The third kappa shape index (κ3) is 8.70. The van der Waals surface area contributed by atoms with E-state index in [4.69, 9.17) is 9.47 Å². The van der Waals surface area contributed by atoms with Gasteiger partial charge in [-0.2, -0.15) is 0 Å². The van der Waals surface area contributed by atoms with Gasteiger partial charge in [-0.25, -0.2) is 9.59 Å². The van der Waals surface area contributed by atoms with Crippen LogP contribution in [0, 0.1) is 11.3 Å². The molecule has 0 heterocycles. The number of nitrogens with zero attached hydrogens (tertiary/aromatic N) is 2. The third-order valence-corrected chi connectivity index (χ3v) is 6.76. The Morgan fingerprint density at radius 1 is 0.846 bits per heavy atom. The number of likely N-dealkylation sites (N-methyl/N-ethyl adjacent to an activating group) is 2. The van der Waals surface area contributed by atoms with E-state index < -0.39 is 58.4 Å². The molecule has 0 bridgehead atoms. The van der Waals surface area contributed by atoms with E-state index in [0.717, 1.165) is 5.56 Å². The van der Waals surface area contributed by atoms with Gasteiger partial charge in [0.15, 0.2) is 0 Å². The van der Waals surface area contributed by atoms with Crippen LogP contribution in [0.15, 0.2) is 30.3 Å². The number of carbonyl (C=O) groups excluding carboxylic acids is 4. The first-order chi connectivity index (χ1) is 17.7. The Bertz CT molecular complexity index is 1010. The van der Waals surface area contributed by atoms with E-state index in [1.54, 1.807) is 20.8 Å². The molecule has 0 radical (unpaired) electrons. The van der Waals surface area contributed by atoms with Gasteiger partial charge in [0.25, 0.3) is 0 Å².